The van der Waals surface area contributed by atoms with Crippen LogP contribution in [0.2, 0.25) is 0 Å². The van der Waals surface area contributed by atoms with Gasteiger partial charge in [-0.25, -0.2) is 0 Å². The number of aryl methyl sites for hydroxylation is 1. The number of nitrogens with two attached hydrogens (primary N) is 1. The third kappa shape index (κ3) is 3.78. The van der Waals surface area contributed by atoms with E-state index in [9.17, 15) is 0 Å². The van der Waals surface area contributed by atoms with Crippen LogP contribution in [0.3, 0.4) is 0 Å². The Morgan fingerprint density at radius 1 is 1.25 bits per heavy atom. The van der Waals surface area contributed by atoms with Crippen LogP contribution in [-0.2, 0) is 6.54 Å². The van der Waals surface area contributed by atoms with Crippen LogP contribution in [0.4, 0.5) is 0 Å². The summed E-state index contributed by atoms with van der Waals surface area (Å²) in [7, 11) is 0. The number of rotatable bonds is 5. The maximum Gasteiger partial charge on any atom is 0.0901 e. The van der Waals surface area contributed by atoms with Crippen LogP contribution >= 0.6 is 12.2 Å². The van der Waals surface area contributed by atoms with Crippen molar-refractivity contribution in [2.24, 2.45) is 5.73 Å². The Morgan fingerprint density at radius 2 is 1.90 bits per heavy atom. The number of nitrogens with zero attached hydrogens (tertiary/aromatic N) is 2. The molecule has 20 heavy (non-hydrogen) atoms. The van der Waals surface area contributed by atoms with Gasteiger partial charge in [0.1, 0.15) is 0 Å². The highest BCUT2D eigenvalue weighted by Gasteiger charge is 2.24. The first-order valence-corrected chi connectivity index (χ1v) is 7.83. The van der Waals surface area contributed by atoms with Gasteiger partial charge in [-0.1, -0.05) is 43.4 Å². The Hall–Kier alpha value is -0.970. The van der Waals surface area contributed by atoms with Gasteiger partial charge in [-0.05, 0) is 24.5 Å². The summed E-state index contributed by atoms with van der Waals surface area (Å²) in [5.74, 6) is 0. The molecule has 1 saturated heterocycles. The topological polar surface area (TPSA) is 32.5 Å². The van der Waals surface area contributed by atoms with Gasteiger partial charge < -0.3 is 5.73 Å². The van der Waals surface area contributed by atoms with E-state index in [4.69, 9.17) is 18.0 Å². The second-order valence-electron chi connectivity index (χ2n) is 5.57. The first kappa shape index (κ1) is 15.4. The molecule has 4 heteroatoms. The predicted molar refractivity (Wildman–Crippen MR) is 88.9 cm³/mol. The zero-order valence-corrected chi connectivity index (χ0v) is 13.3. The molecule has 0 amide bonds. The van der Waals surface area contributed by atoms with Gasteiger partial charge in [0.2, 0.25) is 0 Å². The number of hydrogen-bond donors (Lipinski definition) is 1. The Bertz CT molecular complexity index is 453. The quantitative estimate of drug-likeness (QED) is 0.843. The van der Waals surface area contributed by atoms with Crippen LogP contribution in [0.1, 0.15) is 24.5 Å². The highest BCUT2D eigenvalue weighted by molar-refractivity contribution is 7.80. The van der Waals surface area contributed by atoms with E-state index in [1.807, 2.05) is 0 Å². The average Bonchev–Trinajstić information content (AvgIpc) is 2.43. The van der Waals surface area contributed by atoms with Crippen LogP contribution < -0.4 is 5.73 Å². The van der Waals surface area contributed by atoms with Crippen LogP contribution in [0.5, 0.6) is 0 Å². The molecule has 1 heterocycles. The van der Waals surface area contributed by atoms with Gasteiger partial charge in [0, 0.05) is 32.7 Å². The molecular weight excluding hydrogens is 266 g/mol. The molecule has 0 spiro atoms. The fourth-order valence-electron chi connectivity index (χ4n) is 2.90. The number of piperazine rings is 1. The summed E-state index contributed by atoms with van der Waals surface area (Å²) in [5, 5.41) is 0. The monoisotopic (exact) mass is 291 g/mol. The van der Waals surface area contributed by atoms with Gasteiger partial charge in [0.05, 0.1) is 11.0 Å². The lowest BCUT2D eigenvalue weighted by Crippen LogP contribution is -2.53. The molecule has 1 unspecified atom stereocenters. The number of thiocarbonyl (C=S) groups is 1. The number of benzene rings is 1. The Labute approximate surface area is 127 Å². The molecule has 2 rings (SSSR count). The van der Waals surface area contributed by atoms with Gasteiger partial charge >= 0.3 is 0 Å². The zero-order chi connectivity index (χ0) is 14.5. The van der Waals surface area contributed by atoms with E-state index in [0.29, 0.717) is 4.99 Å². The third-order valence-corrected chi connectivity index (χ3v) is 4.49. The summed E-state index contributed by atoms with van der Waals surface area (Å²) in [6, 6.07) is 8.91. The second kappa shape index (κ2) is 7.16. The van der Waals surface area contributed by atoms with Crippen LogP contribution in [0, 0.1) is 6.92 Å². The van der Waals surface area contributed by atoms with Crippen molar-refractivity contribution < 1.29 is 0 Å². The van der Waals surface area contributed by atoms with Gasteiger partial charge in [-0.2, -0.15) is 0 Å². The first-order valence-electron chi connectivity index (χ1n) is 7.42. The molecule has 3 nitrogen and oxygen atoms in total. The SMILES string of the molecule is CCC(C(N)=S)N1CCN(Cc2ccccc2C)CC1. The van der Waals surface area contributed by atoms with E-state index >= 15 is 0 Å². The normalized spacial score (nSPS) is 18.9. The molecule has 0 aromatic heterocycles. The van der Waals surface area contributed by atoms with Crippen LogP contribution in [0.25, 0.3) is 0 Å². The minimum atomic E-state index is 0.269. The average molecular weight is 291 g/mol. The molecule has 110 valence electrons. The first-order chi connectivity index (χ1) is 9.61. The molecule has 0 radical (unpaired) electrons. The summed E-state index contributed by atoms with van der Waals surface area (Å²) in [6.07, 6.45) is 1.01. The fraction of sp³-hybridized carbons (Fsp3) is 0.562. The molecule has 0 saturated carbocycles. The van der Waals surface area contributed by atoms with Gasteiger partial charge in [0.15, 0.2) is 0 Å². The maximum absolute atomic E-state index is 5.83. The lowest BCUT2D eigenvalue weighted by Gasteiger charge is -2.38. The number of hydrogen-bond acceptors (Lipinski definition) is 3. The minimum Gasteiger partial charge on any atom is -0.392 e. The Morgan fingerprint density at radius 3 is 2.45 bits per heavy atom. The highest BCUT2D eigenvalue weighted by atomic mass is 32.1. The van der Waals surface area contributed by atoms with Crippen molar-refractivity contribution in [2.45, 2.75) is 32.9 Å². The highest BCUT2D eigenvalue weighted by Crippen LogP contribution is 2.14. The van der Waals surface area contributed by atoms with E-state index in [1.165, 1.54) is 11.1 Å². The summed E-state index contributed by atoms with van der Waals surface area (Å²) < 4.78 is 0. The molecule has 1 atom stereocenters. The molecule has 1 aliphatic rings. The van der Waals surface area contributed by atoms with Crippen molar-refractivity contribution in [1.82, 2.24) is 9.80 Å². The summed E-state index contributed by atoms with van der Waals surface area (Å²) in [5.41, 5.74) is 8.64. The standard InChI is InChI=1S/C16H25N3S/c1-3-15(16(17)20)19-10-8-18(9-11-19)12-14-7-5-4-6-13(14)2/h4-7,15H,3,8-12H2,1-2H3,(H2,17,20). The van der Waals surface area contributed by atoms with Crippen molar-refractivity contribution in [3.8, 4) is 0 Å². The van der Waals surface area contributed by atoms with Crippen LogP contribution in [0.15, 0.2) is 24.3 Å². The molecule has 1 aromatic carbocycles. The summed E-state index contributed by atoms with van der Waals surface area (Å²) in [6.45, 7) is 9.68. The minimum absolute atomic E-state index is 0.269. The zero-order valence-electron chi connectivity index (χ0n) is 12.5. The van der Waals surface area contributed by atoms with Crippen molar-refractivity contribution >= 4 is 17.2 Å². The van der Waals surface area contributed by atoms with Crippen molar-refractivity contribution in [2.75, 3.05) is 26.2 Å². The smallest absolute Gasteiger partial charge is 0.0901 e. The maximum atomic E-state index is 5.83. The van der Waals surface area contributed by atoms with E-state index in [0.717, 1.165) is 39.1 Å². The van der Waals surface area contributed by atoms with E-state index in [1.54, 1.807) is 0 Å². The molecule has 1 aliphatic heterocycles. The lowest BCUT2D eigenvalue weighted by atomic mass is 10.1. The van der Waals surface area contributed by atoms with Crippen molar-refractivity contribution in [1.29, 1.82) is 0 Å². The molecule has 1 aromatic rings. The lowest BCUT2D eigenvalue weighted by molar-refractivity contribution is 0.111. The predicted octanol–water partition coefficient (Wildman–Crippen LogP) is 2.18. The largest absolute Gasteiger partial charge is 0.392 e. The Kier molecular flexibility index (Phi) is 5.52. The van der Waals surface area contributed by atoms with E-state index in [-0.39, 0.29) is 6.04 Å². The van der Waals surface area contributed by atoms with E-state index in [2.05, 4.69) is 47.9 Å². The summed E-state index contributed by atoms with van der Waals surface area (Å²) >= 11 is 5.17. The molecule has 2 N–H and O–H groups in total. The van der Waals surface area contributed by atoms with Gasteiger partial charge in [0.25, 0.3) is 0 Å². The molecular formula is C16H25N3S. The molecule has 1 fully saturated rings. The van der Waals surface area contributed by atoms with Gasteiger partial charge in [-0.3, -0.25) is 9.80 Å². The van der Waals surface area contributed by atoms with Crippen LogP contribution in [-0.4, -0.2) is 47.0 Å². The Balaban J connectivity index is 1.88. The van der Waals surface area contributed by atoms with E-state index < -0.39 is 0 Å². The molecule has 0 bridgehead atoms. The third-order valence-electron chi connectivity index (χ3n) is 4.22. The van der Waals surface area contributed by atoms with Crippen molar-refractivity contribution in [3.05, 3.63) is 35.4 Å². The fourth-order valence-corrected chi connectivity index (χ4v) is 3.22. The second-order valence-corrected chi connectivity index (χ2v) is 6.04. The molecule has 0 aliphatic carbocycles. The summed E-state index contributed by atoms with van der Waals surface area (Å²) in [4.78, 5) is 5.58. The van der Waals surface area contributed by atoms with Crippen molar-refractivity contribution in [3.63, 3.8) is 0 Å². The van der Waals surface area contributed by atoms with Gasteiger partial charge in [-0.15, -0.1) is 0 Å².